The van der Waals surface area contributed by atoms with Crippen molar-refractivity contribution in [2.24, 2.45) is 7.05 Å². The van der Waals surface area contributed by atoms with Gasteiger partial charge in [-0.25, -0.2) is 15.0 Å². The lowest BCUT2D eigenvalue weighted by Gasteiger charge is -2.15. The predicted octanol–water partition coefficient (Wildman–Crippen LogP) is 5.03. The minimum atomic E-state index is 0.140. The molecular formula is C26H22N8O. The number of hydrogen-bond donors (Lipinski definition) is 2. The van der Waals surface area contributed by atoms with Crippen LogP contribution in [0.4, 0.5) is 17.3 Å². The van der Waals surface area contributed by atoms with E-state index in [4.69, 9.17) is 15.7 Å². The maximum Gasteiger partial charge on any atom is 0.249 e. The third kappa shape index (κ3) is 4.32. The summed E-state index contributed by atoms with van der Waals surface area (Å²) < 4.78 is 8.35. The smallest absolute Gasteiger partial charge is 0.249 e. The van der Waals surface area contributed by atoms with Gasteiger partial charge in [0.1, 0.15) is 17.3 Å². The molecule has 0 spiro atoms. The Labute approximate surface area is 201 Å². The fraction of sp³-hybridized carbons (Fsp3) is 0.115. The van der Waals surface area contributed by atoms with E-state index in [0.29, 0.717) is 23.3 Å². The zero-order chi connectivity index (χ0) is 24.5. The van der Waals surface area contributed by atoms with E-state index in [9.17, 15) is 0 Å². The number of fused-ring (bicyclic) bond motifs is 1. The van der Waals surface area contributed by atoms with Crippen LogP contribution in [0, 0.1) is 25.2 Å². The van der Waals surface area contributed by atoms with E-state index in [0.717, 1.165) is 39.0 Å². The first-order chi connectivity index (χ1) is 16.9. The van der Waals surface area contributed by atoms with Crippen molar-refractivity contribution < 1.29 is 4.74 Å². The third-order valence-electron chi connectivity index (χ3n) is 5.60. The Kier molecular flexibility index (Phi) is 5.47. The standard InChI is InChI=1S/C26H22N8O/c1-15-10-17(18-13-29-22(12-27)30-14-18)11-16(2)24(15)35-25-23-21(8-9-34(23)3)32-26(33-25)31-20-6-4-19(28)5-7-20/h4-11,13-14H,28H2,1-3H3,(H,31,32,33). The molecular weight excluding hydrogens is 440 g/mol. The lowest BCUT2D eigenvalue weighted by Crippen LogP contribution is -2.02. The van der Waals surface area contributed by atoms with Gasteiger partial charge >= 0.3 is 0 Å². The topological polar surface area (TPSA) is 128 Å². The molecule has 0 bridgehead atoms. The van der Waals surface area contributed by atoms with Crippen molar-refractivity contribution in [3.63, 3.8) is 0 Å². The number of hydrogen-bond acceptors (Lipinski definition) is 8. The molecule has 9 heteroatoms. The fourth-order valence-corrected chi connectivity index (χ4v) is 3.89. The summed E-state index contributed by atoms with van der Waals surface area (Å²) in [5.41, 5.74) is 12.5. The maximum absolute atomic E-state index is 8.94. The van der Waals surface area contributed by atoms with Gasteiger partial charge in [-0.15, -0.1) is 0 Å². The first-order valence-electron chi connectivity index (χ1n) is 10.9. The van der Waals surface area contributed by atoms with Crippen molar-refractivity contribution in [1.82, 2.24) is 24.5 Å². The molecule has 5 aromatic rings. The second kappa shape index (κ2) is 8.76. The van der Waals surface area contributed by atoms with Crippen molar-refractivity contribution in [3.8, 4) is 28.8 Å². The molecule has 0 amide bonds. The molecule has 35 heavy (non-hydrogen) atoms. The Morgan fingerprint density at radius 2 is 1.66 bits per heavy atom. The number of nitrogens with one attached hydrogen (secondary N) is 1. The van der Waals surface area contributed by atoms with Gasteiger partial charge in [-0.2, -0.15) is 10.2 Å². The minimum Gasteiger partial charge on any atom is -0.436 e. The van der Waals surface area contributed by atoms with Crippen molar-refractivity contribution in [2.75, 3.05) is 11.1 Å². The Morgan fingerprint density at radius 1 is 0.971 bits per heavy atom. The van der Waals surface area contributed by atoms with E-state index in [1.807, 2.05) is 80.2 Å². The number of nitrogens with two attached hydrogens (primary N) is 1. The highest BCUT2D eigenvalue weighted by Crippen LogP contribution is 2.35. The van der Waals surface area contributed by atoms with Gasteiger partial charge in [0.15, 0.2) is 0 Å². The van der Waals surface area contributed by atoms with E-state index in [2.05, 4.69) is 25.3 Å². The van der Waals surface area contributed by atoms with Crippen LogP contribution in [0.5, 0.6) is 11.6 Å². The van der Waals surface area contributed by atoms with Crippen LogP contribution >= 0.6 is 0 Å². The highest BCUT2D eigenvalue weighted by atomic mass is 16.5. The van der Waals surface area contributed by atoms with Gasteiger partial charge in [-0.05, 0) is 73.0 Å². The number of nitriles is 1. The third-order valence-corrected chi connectivity index (χ3v) is 5.60. The maximum atomic E-state index is 8.94. The first-order valence-corrected chi connectivity index (χ1v) is 10.9. The summed E-state index contributed by atoms with van der Waals surface area (Å²) in [6.07, 6.45) is 5.22. The summed E-state index contributed by atoms with van der Waals surface area (Å²) in [7, 11) is 1.93. The highest BCUT2D eigenvalue weighted by molar-refractivity contribution is 5.83. The Balaban J connectivity index is 1.52. The van der Waals surface area contributed by atoms with Crippen LogP contribution < -0.4 is 15.8 Å². The van der Waals surface area contributed by atoms with E-state index >= 15 is 0 Å². The zero-order valence-electron chi connectivity index (χ0n) is 19.4. The van der Waals surface area contributed by atoms with Crippen LogP contribution in [-0.2, 0) is 7.05 Å². The number of benzene rings is 2. The van der Waals surface area contributed by atoms with Gasteiger partial charge in [0, 0.05) is 42.6 Å². The molecule has 0 fully saturated rings. The van der Waals surface area contributed by atoms with E-state index < -0.39 is 0 Å². The van der Waals surface area contributed by atoms with Crippen molar-refractivity contribution in [3.05, 3.63) is 78.0 Å². The summed E-state index contributed by atoms with van der Waals surface area (Å²) in [5.74, 6) is 1.72. The van der Waals surface area contributed by atoms with Crippen molar-refractivity contribution in [1.29, 1.82) is 5.26 Å². The van der Waals surface area contributed by atoms with Gasteiger partial charge in [0.05, 0.1) is 5.52 Å². The number of nitrogens with zero attached hydrogens (tertiary/aromatic N) is 6. The van der Waals surface area contributed by atoms with Gasteiger partial charge in [-0.1, -0.05) is 0 Å². The average molecular weight is 463 g/mol. The molecule has 9 nitrogen and oxygen atoms in total. The number of rotatable bonds is 5. The van der Waals surface area contributed by atoms with Gasteiger partial charge in [0.25, 0.3) is 0 Å². The van der Waals surface area contributed by atoms with Crippen LogP contribution in [0.3, 0.4) is 0 Å². The largest absolute Gasteiger partial charge is 0.436 e. The van der Waals surface area contributed by atoms with E-state index in [-0.39, 0.29) is 5.82 Å². The molecule has 0 radical (unpaired) electrons. The number of aromatic nitrogens is 5. The van der Waals surface area contributed by atoms with Crippen LogP contribution in [-0.4, -0.2) is 24.5 Å². The van der Waals surface area contributed by atoms with E-state index in [1.165, 1.54) is 0 Å². The molecule has 0 unspecified atom stereocenters. The number of aryl methyl sites for hydroxylation is 3. The zero-order valence-corrected chi connectivity index (χ0v) is 19.4. The molecule has 5 rings (SSSR count). The molecule has 2 aromatic carbocycles. The summed E-state index contributed by atoms with van der Waals surface area (Å²) >= 11 is 0. The molecule has 3 aromatic heterocycles. The number of nitrogen functional groups attached to an aromatic ring is 1. The lowest BCUT2D eigenvalue weighted by molar-refractivity contribution is 0.459. The molecule has 0 saturated carbocycles. The normalized spacial score (nSPS) is 10.8. The van der Waals surface area contributed by atoms with Gasteiger partial charge in [-0.3, -0.25) is 0 Å². The average Bonchev–Trinajstić information content (AvgIpc) is 3.23. The first kappa shape index (κ1) is 21.9. The molecule has 0 saturated heterocycles. The molecule has 3 heterocycles. The second-order valence-electron chi connectivity index (χ2n) is 8.21. The second-order valence-corrected chi connectivity index (χ2v) is 8.21. The molecule has 0 atom stereocenters. The number of ether oxygens (including phenoxy) is 1. The minimum absolute atomic E-state index is 0.140. The van der Waals surface area contributed by atoms with Crippen LogP contribution in [0.2, 0.25) is 0 Å². The summed E-state index contributed by atoms with van der Waals surface area (Å²) in [5, 5.41) is 12.2. The molecule has 0 aliphatic heterocycles. The molecule has 0 aliphatic rings. The van der Waals surface area contributed by atoms with Crippen LogP contribution in [0.1, 0.15) is 17.0 Å². The highest BCUT2D eigenvalue weighted by Gasteiger charge is 2.17. The lowest BCUT2D eigenvalue weighted by atomic mass is 10.0. The van der Waals surface area contributed by atoms with Gasteiger partial charge < -0.3 is 20.4 Å². The molecule has 0 aliphatic carbocycles. The SMILES string of the molecule is Cc1cc(-c2cnc(C#N)nc2)cc(C)c1Oc1nc(Nc2ccc(N)cc2)nc2ccn(C)c12. The van der Waals surface area contributed by atoms with Crippen LogP contribution in [0.15, 0.2) is 61.1 Å². The van der Waals surface area contributed by atoms with Crippen molar-refractivity contribution in [2.45, 2.75) is 13.8 Å². The van der Waals surface area contributed by atoms with Crippen molar-refractivity contribution >= 4 is 28.4 Å². The molecule has 3 N–H and O–H groups in total. The Bertz CT molecular complexity index is 1560. The predicted molar refractivity (Wildman–Crippen MR) is 134 cm³/mol. The van der Waals surface area contributed by atoms with Gasteiger partial charge in [0.2, 0.25) is 17.7 Å². The quantitative estimate of drug-likeness (QED) is 0.348. The summed E-state index contributed by atoms with van der Waals surface area (Å²) in [4.78, 5) is 17.5. The fourth-order valence-electron chi connectivity index (χ4n) is 3.89. The Hall–Kier alpha value is -4.97. The number of anilines is 3. The summed E-state index contributed by atoms with van der Waals surface area (Å²) in [6, 6.07) is 15.2. The molecule has 172 valence electrons. The van der Waals surface area contributed by atoms with Crippen LogP contribution in [0.25, 0.3) is 22.2 Å². The summed E-state index contributed by atoms with van der Waals surface area (Å²) in [6.45, 7) is 3.96. The van der Waals surface area contributed by atoms with E-state index in [1.54, 1.807) is 12.4 Å². The Morgan fingerprint density at radius 3 is 2.31 bits per heavy atom. The monoisotopic (exact) mass is 462 g/mol.